The fraction of sp³-hybridized carbons (Fsp3) is 0.625. The molecule has 0 aliphatic carbocycles. The summed E-state index contributed by atoms with van der Waals surface area (Å²) in [4.78, 5) is 40.6. The zero-order valence-corrected chi connectivity index (χ0v) is 20.9. The number of carbonyl (C=O) groups is 3. The lowest BCUT2D eigenvalue weighted by molar-refractivity contribution is -0.144. The van der Waals surface area contributed by atoms with Crippen molar-refractivity contribution >= 4 is 17.9 Å². The molecule has 0 saturated carbocycles. The molecular formula is C24H39N3O6. The van der Waals surface area contributed by atoms with Crippen molar-refractivity contribution in [2.45, 2.75) is 78.6 Å². The van der Waals surface area contributed by atoms with E-state index in [1.807, 2.05) is 20.8 Å². The van der Waals surface area contributed by atoms with Crippen molar-refractivity contribution in [2.75, 3.05) is 13.2 Å². The fourth-order valence-corrected chi connectivity index (χ4v) is 3.21. The van der Waals surface area contributed by atoms with E-state index in [9.17, 15) is 24.6 Å². The average molecular weight is 466 g/mol. The van der Waals surface area contributed by atoms with Gasteiger partial charge in [0.2, 0.25) is 11.8 Å². The first kappa shape index (κ1) is 28.2. The van der Waals surface area contributed by atoms with Gasteiger partial charge in [-0.2, -0.15) is 0 Å². The summed E-state index contributed by atoms with van der Waals surface area (Å²) in [6, 6.07) is 3.90. The van der Waals surface area contributed by atoms with Crippen LogP contribution < -0.4 is 10.6 Å². The number of ether oxygens (including phenoxy) is 1. The normalized spacial score (nSPS) is 13.8. The third-order valence-electron chi connectivity index (χ3n) is 4.47. The molecule has 9 heteroatoms. The number of aromatic hydroxyl groups is 1. The molecule has 2 unspecified atom stereocenters. The molecule has 0 spiro atoms. The molecule has 1 aromatic rings. The maximum absolute atomic E-state index is 13.6. The molecule has 186 valence electrons. The van der Waals surface area contributed by atoms with Gasteiger partial charge >= 0.3 is 6.09 Å². The standard InChI is InChI=1S/C24H39N3O6/c1-15(2)18(25-22(32)33-24(6,7)8)21(31)27(12-13-28)19(20(30)26-23(3,4)5)16-10-9-11-17(29)14-16/h9-11,14-15,18-19,28-29H,12-13H2,1-8H3,(H,25,32)(H,26,30). The Hall–Kier alpha value is -2.81. The van der Waals surface area contributed by atoms with Gasteiger partial charge in [-0.15, -0.1) is 0 Å². The molecule has 1 aromatic carbocycles. The highest BCUT2D eigenvalue weighted by Crippen LogP contribution is 2.27. The second-order valence-corrected chi connectivity index (χ2v) is 10.4. The fourth-order valence-electron chi connectivity index (χ4n) is 3.21. The molecule has 0 aromatic heterocycles. The van der Waals surface area contributed by atoms with Gasteiger partial charge in [0.05, 0.1) is 6.61 Å². The Bertz CT molecular complexity index is 826. The minimum Gasteiger partial charge on any atom is -0.508 e. The molecule has 0 fully saturated rings. The Kier molecular flexibility index (Phi) is 9.71. The van der Waals surface area contributed by atoms with Crippen LogP contribution >= 0.6 is 0 Å². The number of benzene rings is 1. The Morgan fingerprint density at radius 1 is 1.09 bits per heavy atom. The number of aliphatic hydroxyl groups is 1. The van der Waals surface area contributed by atoms with Crippen LogP contribution in [0.3, 0.4) is 0 Å². The first-order valence-electron chi connectivity index (χ1n) is 11.1. The van der Waals surface area contributed by atoms with Crippen LogP contribution in [-0.2, 0) is 14.3 Å². The first-order valence-corrected chi connectivity index (χ1v) is 11.1. The van der Waals surface area contributed by atoms with Gasteiger partial charge in [-0.25, -0.2) is 4.79 Å². The lowest BCUT2D eigenvalue weighted by Gasteiger charge is -2.36. The Labute approximate surface area is 196 Å². The van der Waals surface area contributed by atoms with Crippen molar-refractivity contribution in [3.8, 4) is 5.75 Å². The van der Waals surface area contributed by atoms with Crippen LogP contribution in [0.15, 0.2) is 24.3 Å². The van der Waals surface area contributed by atoms with Gasteiger partial charge < -0.3 is 30.5 Å². The summed E-state index contributed by atoms with van der Waals surface area (Å²) in [5.41, 5.74) is -0.971. The summed E-state index contributed by atoms with van der Waals surface area (Å²) >= 11 is 0. The Morgan fingerprint density at radius 2 is 1.70 bits per heavy atom. The third kappa shape index (κ3) is 9.29. The molecule has 2 atom stereocenters. The van der Waals surface area contributed by atoms with Crippen molar-refractivity contribution in [1.82, 2.24) is 15.5 Å². The molecule has 0 heterocycles. The van der Waals surface area contributed by atoms with Gasteiger partial charge in [-0.05, 0) is 65.2 Å². The molecule has 0 saturated heterocycles. The molecule has 0 bridgehead atoms. The average Bonchev–Trinajstić information content (AvgIpc) is 2.62. The van der Waals surface area contributed by atoms with Gasteiger partial charge in [-0.1, -0.05) is 26.0 Å². The number of rotatable bonds is 8. The molecule has 9 nitrogen and oxygen atoms in total. The molecule has 4 N–H and O–H groups in total. The number of alkyl carbamates (subject to hydrolysis) is 1. The van der Waals surface area contributed by atoms with Crippen molar-refractivity contribution < 1.29 is 29.3 Å². The molecular weight excluding hydrogens is 426 g/mol. The highest BCUT2D eigenvalue weighted by molar-refractivity contribution is 5.92. The number of nitrogens with one attached hydrogen (secondary N) is 2. The summed E-state index contributed by atoms with van der Waals surface area (Å²) in [5, 5.41) is 25.2. The smallest absolute Gasteiger partial charge is 0.408 e. The SMILES string of the molecule is CC(C)C(NC(=O)OC(C)(C)C)C(=O)N(CCO)C(C(=O)NC(C)(C)C)c1cccc(O)c1. The lowest BCUT2D eigenvalue weighted by Crippen LogP contribution is -2.56. The molecule has 0 aliphatic heterocycles. The maximum atomic E-state index is 13.6. The van der Waals surface area contributed by atoms with E-state index in [0.717, 1.165) is 0 Å². The molecule has 0 aliphatic rings. The Morgan fingerprint density at radius 3 is 2.15 bits per heavy atom. The van der Waals surface area contributed by atoms with Crippen LogP contribution in [0.25, 0.3) is 0 Å². The summed E-state index contributed by atoms with van der Waals surface area (Å²) in [6.45, 7) is 13.5. The minimum atomic E-state index is -1.14. The quantitative estimate of drug-likeness (QED) is 0.467. The number of carbonyl (C=O) groups excluding carboxylic acids is 3. The summed E-state index contributed by atoms with van der Waals surface area (Å²) in [6.07, 6.45) is -0.758. The molecule has 0 radical (unpaired) electrons. The summed E-state index contributed by atoms with van der Waals surface area (Å²) in [5.74, 6) is -1.43. The molecule has 1 rings (SSSR count). The maximum Gasteiger partial charge on any atom is 0.408 e. The predicted molar refractivity (Wildman–Crippen MR) is 126 cm³/mol. The van der Waals surface area contributed by atoms with Crippen LogP contribution in [0.1, 0.15) is 67.0 Å². The van der Waals surface area contributed by atoms with Crippen molar-refractivity contribution in [1.29, 1.82) is 0 Å². The summed E-state index contributed by atoms with van der Waals surface area (Å²) < 4.78 is 5.30. The minimum absolute atomic E-state index is 0.0651. The summed E-state index contributed by atoms with van der Waals surface area (Å²) in [7, 11) is 0. The number of nitrogens with zero attached hydrogens (tertiary/aromatic N) is 1. The van der Waals surface area contributed by atoms with Crippen molar-refractivity contribution in [3.63, 3.8) is 0 Å². The van der Waals surface area contributed by atoms with Crippen LogP contribution in [-0.4, -0.2) is 63.4 Å². The second kappa shape index (κ2) is 11.4. The number of phenols is 1. The topological polar surface area (TPSA) is 128 Å². The zero-order valence-electron chi connectivity index (χ0n) is 20.9. The highest BCUT2D eigenvalue weighted by atomic mass is 16.6. The Balaban J connectivity index is 3.43. The van der Waals surface area contributed by atoms with Gasteiger partial charge in [0.1, 0.15) is 23.4 Å². The second-order valence-electron chi connectivity index (χ2n) is 10.4. The van der Waals surface area contributed by atoms with Crippen LogP contribution in [0.5, 0.6) is 5.75 Å². The van der Waals surface area contributed by atoms with E-state index in [2.05, 4.69) is 10.6 Å². The van der Waals surface area contributed by atoms with E-state index in [0.29, 0.717) is 5.56 Å². The molecule has 3 amide bonds. The van der Waals surface area contributed by atoms with Crippen molar-refractivity contribution in [2.24, 2.45) is 5.92 Å². The highest BCUT2D eigenvalue weighted by Gasteiger charge is 2.38. The monoisotopic (exact) mass is 465 g/mol. The van der Waals surface area contributed by atoms with Gasteiger partial charge in [0.25, 0.3) is 0 Å². The largest absolute Gasteiger partial charge is 0.508 e. The van der Waals surface area contributed by atoms with E-state index >= 15 is 0 Å². The number of hydrogen-bond acceptors (Lipinski definition) is 6. The number of aliphatic hydroxyl groups excluding tert-OH is 1. The van der Waals surface area contributed by atoms with Crippen LogP contribution in [0, 0.1) is 5.92 Å². The van der Waals surface area contributed by atoms with E-state index in [4.69, 9.17) is 4.74 Å². The number of phenolic OH excluding ortho intramolecular Hbond substituents is 1. The van der Waals surface area contributed by atoms with E-state index in [-0.39, 0.29) is 18.2 Å². The predicted octanol–water partition coefficient (Wildman–Crippen LogP) is 2.72. The van der Waals surface area contributed by atoms with E-state index in [1.165, 1.54) is 17.0 Å². The van der Waals surface area contributed by atoms with Crippen LogP contribution in [0.2, 0.25) is 0 Å². The number of hydrogen-bond donors (Lipinski definition) is 4. The van der Waals surface area contributed by atoms with Gasteiger partial charge in [-0.3, -0.25) is 9.59 Å². The van der Waals surface area contributed by atoms with E-state index in [1.54, 1.807) is 46.8 Å². The van der Waals surface area contributed by atoms with Gasteiger partial charge in [0.15, 0.2) is 0 Å². The van der Waals surface area contributed by atoms with Crippen molar-refractivity contribution in [3.05, 3.63) is 29.8 Å². The first-order chi connectivity index (χ1) is 15.1. The zero-order chi connectivity index (χ0) is 25.6. The van der Waals surface area contributed by atoms with Gasteiger partial charge in [0, 0.05) is 12.1 Å². The lowest BCUT2D eigenvalue weighted by atomic mass is 9.98. The van der Waals surface area contributed by atoms with E-state index < -0.39 is 47.7 Å². The third-order valence-corrected chi connectivity index (χ3v) is 4.47. The number of amides is 3. The molecule has 33 heavy (non-hydrogen) atoms. The van der Waals surface area contributed by atoms with Crippen LogP contribution in [0.4, 0.5) is 4.79 Å².